The lowest BCUT2D eigenvalue weighted by atomic mass is 10.0. The molecule has 9 heteroatoms. The first-order valence-corrected chi connectivity index (χ1v) is 4.15. The molecule has 17 heavy (non-hydrogen) atoms. The Morgan fingerprint density at radius 1 is 1.41 bits per heavy atom. The zero-order chi connectivity index (χ0) is 13.4. The molecule has 0 bridgehead atoms. The van der Waals surface area contributed by atoms with E-state index in [-0.39, 0.29) is 0 Å². The van der Waals surface area contributed by atoms with E-state index in [9.17, 15) is 32.1 Å². The van der Waals surface area contributed by atoms with Gasteiger partial charge in [-0.3, -0.25) is 0 Å². The highest BCUT2D eigenvalue weighted by atomic mass is 19.4. The molecular weight excluding hydrogens is 251 g/mol. The van der Waals surface area contributed by atoms with Crippen LogP contribution in [0.4, 0.5) is 27.8 Å². The predicted octanol–water partition coefficient (Wildman–Crippen LogP) is 3.25. The molecule has 0 atom stereocenters. The molecule has 1 aromatic rings. The van der Waals surface area contributed by atoms with Gasteiger partial charge in [-0.05, 0) is 22.4 Å². The van der Waals surface area contributed by atoms with E-state index in [4.69, 9.17) is 0 Å². The number of nitrogens with zero attached hydrogens (tertiary/aromatic N) is 2. The molecule has 0 unspecified atom stereocenters. The fourth-order valence-corrected chi connectivity index (χ4v) is 1.30. The molecule has 0 amide bonds. The summed E-state index contributed by atoms with van der Waals surface area (Å²) >= 11 is 0. The van der Waals surface area contributed by atoms with E-state index < -0.39 is 40.0 Å². The molecule has 1 aromatic heterocycles. The first-order chi connectivity index (χ1) is 7.66. The summed E-state index contributed by atoms with van der Waals surface area (Å²) in [4.78, 5) is 11.8. The minimum absolute atomic E-state index is 0.382. The molecule has 1 heterocycles. The molecule has 0 aliphatic carbocycles. The summed E-state index contributed by atoms with van der Waals surface area (Å²) in [6.45, 7) is 0.749. The number of hydrogen-bond donors (Lipinski definition) is 0. The molecule has 0 fully saturated rings. The molecule has 0 aromatic carbocycles. The van der Waals surface area contributed by atoms with E-state index in [2.05, 4.69) is 4.98 Å². The maximum atomic E-state index is 12.5. The molecule has 0 aliphatic heterocycles. The minimum atomic E-state index is -5.11. The molecule has 0 N–H and O–H groups in total. The number of aromatic nitrogens is 1. The highest BCUT2D eigenvalue weighted by molar-refractivity contribution is 5.45. The number of halogens is 5. The quantitative estimate of drug-likeness (QED) is 0.463. The average molecular weight is 256 g/mol. The second-order valence-corrected chi connectivity index (χ2v) is 3.09. The SMILES string of the molecule is Cc1c(C(F)F)cnc([N+](=O)[O-])c1C(F)(F)F. The van der Waals surface area contributed by atoms with Crippen molar-refractivity contribution in [2.75, 3.05) is 0 Å². The third kappa shape index (κ3) is 2.48. The van der Waals surface area contributed by atoms with Crippen molar-refractivity contribution in [3.63, 3.8) is 0 Å². The van der Waals surface area contributed by atoms with Crippen molar-refractivity contribution in [3.05, 3.63) is 33.0 Å². The maximum Gasteiger partial charge on any atom is 0.424 e. The average Bonchev–Trinajstić information content (AvgIpc) is 2.14. The van der Waals surface area contributed by atoms with Gasteiger partial charge in [-0.2, -0.15) is 13.2 Å². The van der Waals surface area contributed by atoms with Crippen molar-refractivity contribution in [3.8, 4) is 0 Å². The Labute approximate surface area is 91.2 Å². The van der Waals surface area contributed by atoms with Gasteiger partial charge < -0.3 is 10.1 Å². The molecular formula is C8H5F5N2O2. The van der Waals surface area contributed by atoms with Gasteiger partial charge in [-0.1, -0.05) is 0 Å². The normalized spacial score (nSPS) is 11.9. The van der Waals surface area contributed by atoms with Crippen molar-refractivity contribution < 1.29 is 26.9 Å². The molecule has 0 aliphatic rings. The Kier molecular flexibility index (Phi) is 3.30. The smallest absolute Gasteiger partial charge is 0.358 e. The standard InChI is InChI=1S/C8H5F5N2O2/c1-3-4(6(9)10)2-14-7(15(16)17)5(3)8(11,12)13/h2,6H,1H3. The van der Waals surface area contributed by atoms with Crippen LogP contribution in [-0.4, -0.2) is 9.91 Å². The van der Waals surface area contributed by atoms with Gasteiger partial charge in [0, 0.05) is 0 Å². The molecule has 0 radical (unpaired) electrons. The Morgan fingerprint density at radius 2 is 1.94 bits per heavy atom. The molecule has 0 spiro atoms. The Bertz CT molecular complexity index is 458. The van der Waals surface area contributed by atoms with E-state index in [1.807, 2.05) is 0 Å². The molecule has 4 nitrogen and oxygen atoms in total. The van der Waals surface area contributed by atoms with E-state index in [1.54, 1.807) is 0 Å². The van der Waals surface area contributed by atoms with Crippen LogP contribution in [0.25, 0.3) is 0 Å². The molecule has 0 saturated heterocycles. The van der Waals surface area contributed by atoms with Crippen LogP contribution in [0.3, 0.4) is 0 Å². The number of alkyl halides is 5. The van der Waals surface area contributed by atoms with Crippen LogP contribution in [0.2, 0.25) is 0 Å². The van der Waals surface area contributed by atoms with Crippen molar-refractivity contribution in [2.24, 2.45) is 0 Å². The van der Waals surface area contributed by atoms with Crippen molar-refractivity contribution in [1.29, 1.82) is 0 Å². The maximum absolute atomic E-state index is 12.5. The Balaban J connectivity index is 3.60. The van der Waals surface area contributed by atoms with E-state index in [0.29, 0.717) is 6.20 Å². The van der Waals surface area contributed by atoms with Gasteiger partial charge in [0.2, 0.25) is 0 Å². The molecule has 0 saturated carbocycles. The molecule has 94 valence electrons. The van der Waals surface area contributed by atoms with Crippen molar-refractivity contribution in [2.45, 2.75) is 19.5 Å². The summed E-state index contributed by atoms with van der Waals surface area (Å²) in [5.74, 6) is -1.47. The third-order valence-corrected chi connectivity index (χ3v) is 2.05. The summed E-state index contributed by atoms with van der Waals surface area (Å²) in [6, 6.07) is 0. The topological polar surface area (TPSA) is 56.0 Å². The number of nitro groups is 1. The van der Waals surface area contributed by atoms with Crippen LogP contribution in [0.1, 0.15) is 23.1 Å². The molecule has 1 rings (SSSR count). The lowest BCUT2D eigenvalue weighted by molar-refractivity contribution is -0.392. The summed E-state index contributed by atoms with van der Waals surface area (Å²) < 4.78 is 62.3. The minimum Gasteiger partial charge on any atom is -0.358 e. The van der Waals surface area contributed by atoms with Gasteiger partial charge in [0.05, 0.1) is 5.56 Å². The van der Waals surface area contributed by atoms with E-state index >= 15 is 0 Å². The fourth-order valence-electron chi connectivity index (χ4n) is 1.30. The summed E-state index contributed by atoms with van der Waals surface area (Å²) in [5, 5.41) is 10.4. The lowest BCUT2D eigenvalue weighted by Gasteiger charge is -2.12. The van der Waals surface area contributed by atoms with Gasteiger partial charge in [0.15, 0.2) is 5.56 Å². The zero-order valence-electron chi connectivity index (χ0n) is 8.26. The Hall–Kier alpha value is -1.80. The third-order valence-electron chi connectivity index (χ3n) is 2.05. The van der Waals surface area contributed by atoms with Crippen molar-refractivity contribution >= 4 is 5.82 Å². The van der Waals surface area contributed by atoms with Crippen LogP contribution in [0.15, 0.2) is 6.20 Å². The summed E-state index contributed by atoms with van der Waals surface area (Å²) in [7, 11) is 0. The number of hydrogen-bond acceptors (Lipinski definition) is 3. The van der Waals surface area contributed by atoms with Crippen LogP contribution in [0.5, 0.6) is 0 Å². The summed E-state index contributed by atoms with van der Waals surface area (Å²) in [6.07, 6.45) is -7.90. The summed E-state index contributed by atoms with van der Waals surface area (Å²) in [5.41, 5.74) is -3.59. The monoisotopic (exact) mass is 256 g/mol. The van der Waals surface area contributed by atoms with Crippen LogP contribution < -0.4 is 0 Å². The number of pyridine rings is 1. The second-order valence-electron chi connectivity index (χ2n) is 3.09. The van der Waals surface area contributed by atoms with Gasteiger partial charge in [-0.25, -0.2) is 8.78 Å². The van der Waals surface area contributed by atoms with Crippen LogP contribution in [0, 0.1) is 17.0 Å². The number of rotatable bonds is 2. The highest BCUT2D eigenvalue weighted by Crippen LogP contribution is 2.39. The van der Waals surface area contributed by atoms with E-state index in [1.165, 1.54) is 0 Å². The van der Waals surface area contributed by atoms with Crippen LogP contribution in [-0.2, 0) is 6.18 Å². The predicted molar refractivity (Wildman–Crippen MR) is 45.6 cm³/mol. The highest BCUT2D eigenvalue weighted by Gasteiger charge is 2.42. The van der Waals surface area contributed by atoms with Crippen molar-refractivity contribution in [1.82, 2.24) is 4.98 Å². The Morgan fingerprint density at radius 3 is 2.29 bits per heavy atom. The fraction of sp³-hybridized carbons (Fsp3) is 0.375. The lowest BCUT2D eigenvalue weighted by Crippen LogP contribution is -2.14. The first-order valence-electron chi connectivity index (χ1n) is 4.15. The van der Waals surface area contributed by atoms with Gasteiger partial charge in [-0.15, -0.1) is 0 Å². The second kappa shape index (κ2) is 4.22. The van der Waals surface area contributed by atoms with Gasteiger partial charge in [0.25, 0.3) is 6.43 Å². The first kappa shape index (κ1) is 13.3. The zero-order valence-corrected chi connectivity index (χ0v) is 8.26. The van der Waals surface area contributed by atoms with Gasteiger partial charge in [0.1, 0.15) is 6.20 Å². The largest absolute Gasteiger partial charge is 0.424 e. The van der Waals surface area contributed by atoms with E-state index in [0.717, 1.165) is 6.92 Å². The van der Waals surface area contributed by atoms with Gasteiger partial charge >= 0.3 is 12.0 Å². The van der Waals surface area contributed by atoms with Crippen LogP contribution >= 0.6 is 0 Å².